The number of ketones is 2. The van der Waals surface area contributed by atoms with E-state index in [0.29, 0.717) is 11.5 Å². The zero-order valence-electron chi connectivity index (χ0n) is 18.3. The molecule has 4 nitrogen and oxygen atoms in total. The molecule has 0 aliphatic carbocycles. The van der Waals surface area contributed by atoms with Crippen LogP contribution in [0, 0.1) is 5.92 Å². The molecule has 1 unspecified atom stereocenters. The standard InChI is InChI=1S/C23H36O4/c1-10-23(27-26,21(24)16(8)9)22(25)20-18(14(4)5)11-17(13(2)3)12-19(20)15(6)7/h11-16,26H,10H2,1-9H3. The summed E-state index contributed by atoms with van der Waals surface area (Å²) in [6.45, 7) is 17.5. The third-order valence-corrected chi connectivity index (χ3v) is 5.30. The van der Waals surface area contributed by atoms with Gasteiger partial charge in [0.25, 0.3) is 0 Å². The van der Waals surface area contributed by atoms with Gasteiger partial charge in [0.15, 0.2) is 5.78 Å². The Morgan fingerprint density at radius 1 is 0.926 bits per heavy atom. The predicted octanol–water partition coefficient (Wildman–Crippen LogP) is 6.10. The minimum atomic E-state index is -1.86. The molecule has 0 amide bonds. The highest BCUT2D eigenvalue weighted by atomic mass is 17.1. The van der Waals surface area contributed by atoms with Gasteiger partial charge in [0.2, 0.25) is 11.4 Å². The van der Waals surface area contributed by atoms with Crippen molar-refractivity contribution in [2.45, 2.75) is 92.1 Å². The molecule has 152 valence electrons. The van der Waals surface area contributed by atoms with Crippen LogP contribution in [0.15, 0.2) is 12.1 Å². The van der Waals surface area contributed by atoms with E-state index >= 15 is 0 Å². The third-order valence-electron chi connectivity index (χ3n) is 5.30. The highest BCUT2D eigenvalue weighted by Gasteiger charge is 2.49. The molecule has 1 aromatic carbocycles. The summed E-state index contributed by atoms with van der Waals surface area (Å²) in [5, 5.41) is 9.69. The molecule has 0 saturated carbocycles. The minimum Gasteiger partial charge on any atom is -0.295 e. The molecule has 1 atom stereocenters. The smallest absolute Gasteiger partial charge is 0.223 e. The fourth-order valence-corrected chi connectivity index (χ4v) is 3.48. The zero-order chi connectivity index (χ0) is 21.1. The molecule has 0 saturated heterocycles. The summed E-state index contributed by atoms with van der Waals surface area (Å²) in [6.07, 6.45) is 0.0837. The van der Waals surface area contributed by atoms with Crippen LogP contribution in [0.25, 0.3) is 0 Å². The van der Waals surface area contributed by atoms with Gasteiger partial charge >= 0.3 is 0 Å². The van der Waals surface area contributed by atoms with E-state index in [0.717, 1.165) is 11.1 Å². The summed E-state index contributed by atoms with van der Waals surface area (Å²) < 4.78 is 0. The molecule has 27 heavy (non-hydrogen) atoms. The largest absolute Gasteiger partial charge is 0.295 e. The maximum atomic E-state index is 13.7. The van der Waals surface area contributed by atoms with Crippen molar-refractivity contribution in [2.24, 2.45) is 5.92 Å². The lowest BCUT2D eigenvalue weighted by Gasteiger charge is -2.31. The Morgan fingerprint density at radius 3 is 1.63 bits per heavy atom. The van der Waals surface area contributed by atoms with Crippen LogP contribution in [0.4, 0.5) is 0 Å². The lowest BCUT2D eigenvalue weighted by Crippen LogP contribution is -2.50. The van der Waals surface area contributed by atoms with Gasteiger partial charge in [-0.2, -0.15) is 0 Å². The molecule has 0 aliphatic rings. The van der Waals surface area contributed by atoms with Crippen LogP contribution in [-0.2, 0) is 9.68 Å². The van der Waals surface area contributed by atoms with Gasteiger partial charge in [-0.05, 0) is 40.9 Å². The summed E-state index contributed by atoms with van der Waals surface area (Å²) in [5.74, 6) is -0.735. The van der Waals surface area contributed by atoms with Gasteiger partial charge in [0, 0.05) is 11.5 Å². The molecule has 0 spiro atoms. The molecule has 0 fully saturated rings. The van der Waals surface area contributed by atoms with Gasteiger partial charge in [-0.1, -0.05) is 74.4 Å². The van der Waals surface area contributed by atoms with Crippen molar-refractivity contribution in [3.05, 3.63) is 34.4 Å². The Bertz CT molecular complexity index is 651. The fraction of sp³-hybridized carbons (Fsp3) is 0.652. The fourth-order valence-electron chi connectivity index (χ4n) is 3.48. The highest BCUT2D eigenvalue weighted by molar-refractivity contribution is 6.19. The SMILES string of the molecule is CCC(OO)(C(=O)c1c(C(C)C)cc(C(C)C)cc1C(C)C)C(=O)C(C)C. The topological polar surface area (TPSA) is 63.6 Å². The van der Waals surface area contributed by atoms with Gasteiger partial charge in [0.05, 0.1) is 0 Å². The second-order valence-electron chi connectivity index (χ2n) is 8.66. The first-order valence-electron chi connectivity index (χ1n) is 10.0. The van der Waals surface area contributed by atoms with Gasteiger partial charge < -0.3 is 0 Å². The average Bonchev–Trinajstić information content (AvgIpc) is 2.61. The number of rotatable bonds is 9. The molecule has 1 rings (SSSR count). The van der Waals surface area contributed by atoms with Crippen molar-refractivity contribution >= 4 is 11.6 Å². The van der Waals surface area contributed by atoms with E-state index in [1.807, 2.05) is 27.7 Å². The van der Waals surface area contributed by atoms with E-state index in [9.17, 15) is 14.8 Å². The normalized spacial score (nSPS) is 14.3. The molecular weight excluding hydrogens is 340 g/mol. The summed E-state index contributed by atoms with van der Waals surface area (Å²) in [5.41, 5.74) is 1.64. The Balaban J connectivity index is 3.85. The number of carbonyl (C=O) groups is 2. The van der Waals surface area contributed by atoms with Crippen LogP contribution in [0.1, 0.15) is 114 Å². The van der Waals surface area contributed by atoms with E-state index in [4.69, 9.17) is 0 Å². The van der Waals surface area contributed by atoms with E-state index in [1.165, 1.54) is 5.56 Å². The van der Waals surface area contributed by atoms with Crippen LogP contribution in [-0.4, -0.2) is 22.4 Å². The number of hydrogen-bond acceptors (Lipinski definition) is 4. The van der Waals surface area contributed by atoms with Crippen LogP contribution >= 0.6 is 0 Å². The van der Waals surface area contributed by atoms with Gasteiger partial charge in [-0.25, -0.2) is 4.89 Å². The van der Waals surface area contributed by atoms with Crippen LogP contribution < -0.4 is 0 Å². The molecule has 0 radical (unpaired) electrons. The van der Waals surface area contributed by atoms with Gasteiger partial charge in [-0.15, -0.1) is 0 Å². The van der Waals surface area contributed by atoms with Crippen molar-refractivity contribution in [3.8, 4) is 0 Å². The summed E-state index contributed by atoms with van der Waals surface area (Å²) in [6, 6.07) is 4.12. The lowest BCUT2D eigenvalue weighted by molar-refractivity contribution is -0.295. The first-order chi connectivity index (χ1) is 12.4. The molecule has 0 aliphatic heterocycles. The Hall–Kier alpha value is -1.52. The summed E-state index contributed by atoms with van der Waals surface area (Å²) >= 11 is 0. The van der Waals surface area contributed by atoms with Crippen LogP contribution in [0.2, 0.25) is 0 Å². The first-order valence-corrected chi connectivity index (χ1v) is 10.0. The maximum Gasteiger partial charge on any atom is 0.223 e. The first kappa shape index (κ1) is 23.5. The van der Waals surface area contributed by atoms with Gasteiger partial charge in [0.1, 0.15) is 0 Å². The molecule has 0 aromatic heterocycles. The quantitative estimate of drug-likeness (QED) is 0.245. The average molecular weight is 377 g/mol. The Morgan fingerprint density at radius 2 is 1.37 bits per heavy atom. The zero-order valence-corrected chi connectivity index (χ0v) is 18.3. The van der Waals surface area contributed by atoms with E-state index in [1.54, 1.807) is 20.8 Å². The number of carbonyl (C=O) groups excluding carboxylic acids is 2. The third kappa shape index (κ3) is 4.49. The van der Waals surface area contributed by atoms with Crippen molar-refractivity contribution < 1.29 is 19.7 Å². The number of benzene rings is 1. The Kier molecular flexibility index (Phi) is 7.94. The molecule has 0 heterocycles. The monoisotopic (exact) mass is 376 g/mol. The number of Topliss-reactive ketones (excluding diaryl/α,β-unsaturated/α-hetero) is 2. The van der Waals surface area contributed by atoms with Crippen LogP contribution in [0.3, 0.4) is 0 Å². The summed E-state index contributed by atoms with van der Waals surface area (Å²) in [4.78, 5) is 31.2. The van der Waals surface area contributed by atoms with E-state index in [-0.39, 0.29) is 18.3 Å². The predicted molar refractivity (Wildman–Crippen MR) is 110 cm³/mol. The van der Waals surface area contributed by atoms with E-state index < -0.39 is 23.1 Å². The van der Waals surface area contributed by atoms with Gasteiger partial charge in [-0.3, -0.25) is 14.8 Å². The molecular formula is C23H36O4. The molecule has 1 N–H and O–H groups in total. The summed E-state index contributed by atoms with van der Waals surface area (Å²) in [7, 11) is 0. The molecule has 0 bridgehead atoms. The minimum absolute atomic E-state index is 0.0837. The van der Waals surface area contributed by atoms with Crippen molar-refractivity contribution in [2.75, 3.05) is 0 Å². The van der Waals surface area contributed by atoms with Crippen molar-refractivity contribution in [3.63, 3.8) is 0 Å². The maximum absolute atomic E-state index is 13.7. The van der Waals surface area contributed by atoms with E-state index in [2.05, 4.69) is 30.9 Å². The highest BCUT2D eigenvalue weighted by Crippen LogP contribution is 2.36. The molecule has 1 aromatic rings. The second-order valence-corrected chi connectivity index (χ2v) is 8.66. The number of hydrogen-bond donors (Lipinski definition) is 1. The van der Waals surface area contributed by atoms with Crippen LogP contribution in [0.5, 0.6) is 0 Å². The van der Waals surface area contributed by atoms with Crippen molar-refractivity contribution in [1.82, 2.24) is 0 Å². The second kappa shape index (κ2) is 9.11. The lowest BCUT2D eigenvalue weighted by atomic mass is 9.75. The van der Waals surface area contributed by atoms with Crippen molar-refractivity contribution in [1.29, 1.82) is 0 Å². The molecule has 4 heteroatoms. The Labute approximate surface area is 164 Å².